The third kappa shape index (κ3) is 5.01. The van der Waals surface area contributed by atoms with Crippen molar-refractivity contribution < 1.29 is 4.74 Å². The Hall–Kier alpha value is -2.40. The third-order valence-electron chi connectivity index (χ3n) is 8.64. The number of hydrogen-bond acceptors (Lipinski definition) is 2. The summed E-state index contributed by atoms with van der Waals surface area (Å²) in [7, 11) is 0. The van der Waals surface area contributed by atoms with Crippen molar-refractivity contribution in [2.24, 2.45) is 0 Å². The van der Waals surface area contributed by atoms with Gasteiger partial charge in [0.25, 0.3) is 0 Å². The van der Waals surface area contributed by atoms with Crippen molar-refractivity contribution >= 4 is 48.9 Å². The minimum Gasteiger partial charge on any atom is -0.359 e. The Balaban J connectivity index is 1.66. The Bertz CT molecular complexity index is 1410. The molecule has 202 valence electrons. The first kappa shape index (κ1) is 28.1. The number of aryl methyl sites for hydroxylation is 1. The van der Waals surface area contributed by atoms with Gasteiger partial charge in [0.15, 0.2) is 0 Å². The van der Waals surface area contributed by atoms with Gasteiger partial charge < -0.3 is 9.64 Å². The molecule has 0 fully saturated rings. The van der Waals surface area contributed by atoms with Gasteiger partial charge in [0, 0.05) is 26.0 Å². The molecule has 5 rings (SSSR count). The lowest BCUT2D eigenvalue weighted by atomic mass is 9.81. The van der Waals surface area contributed by atoms with E-state index in [9.17, 15) is 0 Å². The Morgan fingerprint density at radius 1 is 0.590 bits per heavy atom. The first-order valence-corrected chi connectivity index (χ1v) is 15.7. The van der Waals surface area contributed by atoms with Crippen LogP contribution in [0.2, 0.25) is 0 Å². The highest BCUT2D eigenvalue weighted by atomic mass is 79.9. The summed E-state index contributed by atoms with van der Waals surface area (Å²) in [5.74, 6) is 0. The van der Waals surface area contributed by atoms with Crippen LogP contribution in [0.15, 0.2) is 93.9 Å². The number of nitrogens with zero attached hydrogens (tertiary/aromatic N) is 1. The smallest absolute Gasteiger partial charge is 0.0942 e. The van der Waals surface area contributed by atoms with Crippen LogP contribution >= 0.6 is 31.9 Å². The van der Waals surface area contributed by atoms with Crippen LogP contribution in [0, 0.1) is 6.92 Å². The molecule has 4 aromatic rings. The molecule has 0 spiro atoms. The van der Waals surface area contributed by atoms with Crippen molar-refractivity contribution in [1.82, 2.24) is 0 Å². The average molecular weight is 647 g/mol. The van der Waals surface area contributed by atoms with E-state index in [-0.39, 0.29) is 11.2 Å². The SMILES string of the molecule is CCC1(CC)OC(CC)(CC)c2cc(-c3cc(N(c4ccc(Br)cc4)c4ccc(Br)cc4)ccc3C)ccc21. The van der Waals surface area contributed by atoms with E-state index < -0.39 is 0 Å². The van der Waals surface area contributed by atoms with Crippen LogP contribution in [0.5, 0.6) is 0 Å². The van der Waals surface area contributed by atoms with E-state index in [0.29, 0.717) is 0 Å². The van der Waals surface area contributed by atoms with Gasteiger partial charge in [-0.05, 0) is 127 Å². The number of benzene rings is 4. The molecule has 1 aliphatic heterocycles. The Kier molecular flexibility index (Phi) is 8.10. The zero-order valence-electron chi connectivity index (χ0n) is 23.5. The monoisotopic (exact) mass is 645 g/mol. The molecule has 0 aliphatic carbocycles. The summed E-state index contributed by atoms with van der Waals surface area (Å²) in [5, 5.41) is 0. The van der Waals surface area contributed by atoms with Crippen LogP contribution in [-0.4, -0.2) is 0 Å². The summed E-state index contributed by atoms with van der Waals surface area (Å²) in [6.07, 6.45) is 3.92. The number of hydrogen-bond donors (Lipinski definition) is 0. The lowest BCUT2D eigenvalue weighted by Crippen LogP contribution is -2.31. The lowest BCUT2D eigenvalue weighted by Gasteiger charge is -2.34. The van der Waals surface area contributed by atoms with Gasteiger partial charge in [0.1, 0.15) is 0 Å². The summed E-state index contributed by atoms with van der Waals surface area (Å²) >= 11 is 7.19. The number of halogens is 2. The molecule has 39 heavy (non-hydrogen) atoms. The molecule has 0 radical (unpaired) electrons. The highest BCUT2D eigenvalue weighted by Crippen LogP contribution is 2.54. The van der Waals surface area contributed by atoms with E-state index in [0.717, 1.165) is 51.7 Å². The largest absolute Gasteiger partial charge is 0.359 e. The number of ether oxygens (including phenoxy) is 1. The summed E-state index contributed by atoms with van der Waals surface area (Å²) in [4.78, 5) is 2.32. The van der Waals surface area contributed by atoms with Gasteiger partial charge in [-0.3, -0.25) is 0 Å². The number of anilines is 3. The van der Waals surface area contributed by atoms with Crippen LogP contribution in [0.1, 0.15) is 70.1 Å². The van der Waals surface area contributed by atoms with Crippen LogP contribution in [-0.2, 0) is 15.9 Å². The van der Waals surface area contributed by atoms with Gasteiger partial charge in [0.05, 0.1) is 11.2 Å². The molecule has 2 nitrogen and oxygen atoms in total. The molecule has 0 N–H and O–H groups in total. The molecule has 0 unspecified atom stereocenters. The van der Waals surface area contributed by atoms with E-state index in [1.165, 1.54) is 27.8 Å². The third-order valence-corrected chi connectivity index (χ3v) is 9.69. The Morgan fingerprint density at radius 3 is 1.59 bits per heavy atom. The van der Waals surface area contributed by atoms with Crippen molar-refractivity contribution in [2.75, 3.05) is 4.90 Å². The second-order valence-electron chi connectivity index (χ2n) is 10.6. The van der Waals surface area contributed by atoms with Gasteiger partial charge in [-0.15, -0.1) is 0 Å². The van der Waals surface area contributed by atoms with Gasteiger partial charge in [-0.1, -0.05) is 77.8 Å². The zero-order chi connectivity index (χ0) is 27.8. The summed E-state index contributed by atoms with van der Waals surface area (Å²) < 4.78 is 9.14. The predicted molar refractivity (Wildman–Crippen MR) is 172 cm³/mol. The minimum atomic E-state index is -0.232. The lowest BCUT2D eigenvalue weighted by molar-refractivity contribution is -0.151. The van der Waals surface area contributed by atoms with E-state index in [1.807, 2.05) is 0 Å². The standard InChI is InChI=1S/C35H37Br2NO/c1-6-34(7-2)32-21-11-25(22-33(32)35(8-3,9-4)39-34)31-23-30(16-10-24(31)5)38(28-17-12-26(36)13-18-28)29-19-14-27(37)15-20-29/h10-23H,6-9H2,1-5H3. The highest BCUT2D eigenvalue weighted by Gasteiger charge is 2.49. The maximum atomic E-state index is 7.01. The van der Waals surface area contributed by atoms with E-state index >= 15 is 0 Å². The fourth-order valence-electron chi connectivity index (χ4n) is 6.21. The van der Waals surface area contributed by atoms with E-state index in [4.69, 9.17) is 4.74 Å². The molecule has 0 saturated heterocycles. The molecule has 0 bridgehead atoms. The molecular weight excluding hydrogens is 610 g/mol. The van der Waals surface area contributed by atoms with Gasteiger partial charge >= 0.3 is 0 Å². The zero-order valence-corrected chi connectivity index (χ0v) is 26.7. The van der Waals surface area contributed by atoms with Crippen molar-refractivity contribution in [2.45, 2.75) is 71.5 Å². The maximum Gasteiger partial charge on any atom is 0.0942 e. The first-order valence-electron chi connectivity index (χ1n) is 14.1. The molecule has 0 aromatic heterocycles. The molecule has 0 amide bonds. The van der Waals surface area contributed by atoms with Crippen LogP contribution in [0.25, 0.3) is 11.1 Å². The molecular formula is C35H37Br2NO. The van der Waals surface area contributed by atoms with Crippen molar-refractivity contribution in [1.29, 1.82) is 0 Å². The molecule has 1 aliphatic rings. The Morgan fingerprint density at radius 2 is 1.08 bits per heavy atom. The summed E-state index contributed by atoms with van der Waals surface area (Å²) in [6.45, 7) is 11.3. The van der Waals surface area contributed by atoms with Gasteiger partial charge in [-0.2, -0.15) is 0 Å². The van der Waals surface area contributed by atoms with Crippen LogP contribution in [0.4, 0.5) is 17.1 Å². The quantitative estimate of drug-likeness (QED) is 0.189. The fraction of sp³-hybridized carbons (Fsp3) is 0.314. The average Bonchev–Trinajstić information content (AvgIpc) is 3.26. The van der Waals surface area contributed by atoms with Gasteiger partial charge in [0.2, 0.25) is 0 Å². The second kappa shape index (κ2) is 11.2. The number of fused-ring (bicyclic) bond motifs is 1. The van der Waals surface area contributed by atoms with Crippen molar-refractivity contribution in [3.8, 4) is 11.1 Å². The Labute approximate surface area is 250 Å². The predicted octanol–water partition coefficient (Wildman–Crippen LogP) is 11.7. The number of rotatable bonds is 8. The van der Waals surface area contributed by atoms with Gasteiger partial charge in [-0.25, -0.2) is 0 Å². The first-order chi connectivity index (χ1) is 18.8. The molecule has 1 heterocycles. The molecule has 4 heteroatoms. The van der Waals surface area contributed by atoms with Crippen molar-refractivity contribution in [3.63, 3.8) is 0 Å². The van der Waals surface area contributed by atoms with Crippen LogP contribution < -0.4 is 4.90 Å². The van der Waals surface area contributed by atoms with Crippen LogP contribution in [0.3, 0.4) is 0 Å². The second-order valence-corrected chi connectivity index (χ2v) is 12.4. The summed E-state index contributed by atoms with van der Waals surface area (Å²) in [6, 6.07) is 30.9. The molecule has 0 saturated carbocycles. The van der Waals surface area contributed by atoms with Crippen molar-refractivity contribution in [3.05, 3.63) is 111 Å². The summed E-state index contributed by atoms with van der Waals surface area (Å²) in [5.41, 5.74) is 9.44. The minimum absolute atomic E-state index is 0.198. The molecule has 0 atom stereocenters. The maximum absolute atomic E-state index is 7.01. The molecule has 4 aromatic carbocycles. The van der Waals surface area contributed by atoms with E-state index in [1.54, 1.807) is 0 Å². The fourth-order valence-corrected chi connectivity index (χ4v) is 6.74. The topological polar surface area (TPSA) is 12.5 Å². The normalized spacial score (nSPS) is 15.3. The highest BCUT2D eigenvalue weighted by molar-refractivity contribution is 9.10. The van der Waals surface area contributed by atoms with E-state index in [2.05, 4.69) is 156 Å².